The molecule has 5 nitrogen and oxygen atoms in total. The van der Waals surface area contributed by atoms with Crippen LogP contribution in [0, 0.1) is 22.2 Å². The third kappa shape index (κ3) is 10.7. The van der Waals surface area contributed by atoms with E-state index in [4.69, 9.17) is 5.11 Å². The number of aliphatic hydroxyl groups excluding tert-OH is 1. The molecule has 5 heteroatoms. The maximum atomic E-state index is 13.4. The molecule has 0 saturated carbocycles. The van der Waals surface area contributed by atoms with E-state index in [0.29, 0.717) is 38.5 Å². The van der Waals surface area contributed by atoms with Gasteiger partial charge in [-0.15, -0.1) is 0 Å². The van der Waals surface area contributed by atoms with E-state index >= 15 is 0 Å². The highest BCUT2D eigenvalue weighted by Crippen LogP contribution is 2.39. The summed E-state index contributed by atoms with van der Waals surface area (Å²) in [6.07, 6.45) is 14.4. The predicted molar refractivity (Wildman–Crippen MR) is 160 cm³/mol. The van der Waals surface area contributed by atoms with E-state index in [1.807, 2.05) is 39.8 Å². The Morgan fingerprint density at radius 1 is 0.846 bits per heavy atom. The van der Waals surface area contributed by atoms with E-state index in [2.05, 4.69) is 39.8 Å². The molecule has 0 fully saturated rings. The molecule has 0 aliphatic heterocycles. The maximum absolute atomic E-state index is 13.4. The van der Waals surface area contributed by atoms with Gasteiger partial charge in [0.15, 0.2) is 11.6 Å². The van der Waals surface area contributed by atoms with Crippen LogP contribution >= 0.6 is 0 Å². The first-order valence-corrected chi connectivity index (χ1v) is 14.9. The van der Waals surface area contributed by atoms with Crippen LogP contribution in [0.15, 0.2) is 46.6 Å². The van der Waals surface area contributed by atoms with Crippen molar-refractivity contribution in [3.05, 3.63) is 46.6 Å². The monoisotopic (exact) mass is 542 g/mol. The molecule has 2 aliphatic carbocycles. The minimum absolute atomic E-state index is 0.0337. The van der Waals surface area contributed by atoms with Crippen LogP contribution in [0.2, 0.25) is 0 Å². The minimum Gasteiger partial charge on any atom is -0.481 e. The lowest BCUT2D eigenvalue weighted by Gasteiger charge is -2.30. The van der Waals surface area contributed by atoms with Crippen molar-refractivity contribution in [2.45, 2.75) is 120 Å². The highest BCUT2D eigenvalue weighted by molar-refractivity contribution is 6.11. The fourth-order valence-corrected chi connectivity index (χ4v) is 5.23. The Morgan fingerprint density at radius 2 is 1.28 bits per heavy atom. The number of carboxylic acids is 1. The molecular weight excluding hydrogens is 488 g/mol. The van der Waals surface area contributed by atoms with Gasteiger partial charge in [-0.3, -0.25) is 14.4 Å². The van der Waals surface area contributed by atoms with Crippen LogP contribution in [0.3, 0.4) is 0 Å². The normalized spacial score (nSPS) is 21.7. The van der Waals surface area contributed by atoms with Gasteiger partial charge in [0.2, 0.25) is 0 Å². The average Bonchev–Trinajstić information content (AvgIpc) is 2.88. The lowest BCUT2D eigenvalue weighted by molar-refractivity contribution is -0.141. The number of ketones is 2. The number of hydrogen-bond acceptors (Lipinski definition) is 4. The number of aliphatic carboxylic acids is 1. The Kier molecular flexibility index (Phi) is 13.3. The minimum atomic E-state index is -0.806. The molecule has 2 rings (SSSR count). The van der Waals surface area contributed by atoms with Crippen LogP contribution < -0.4 is 0 Å². The number of carbonyl (C=O) groups excluding carboxylic acids is 2. The van der Waals surface area contributed by atoms with Crippen molar-refractivity contribution in [2.24, 2.45) is 22.2 Å². The summed E-state index contributed by atoms with van der Waals surface area (Å²) in [5, 5.41) is 18.7. The standard InChI is InChI=1S/C32H48O5.C2H6/c1-8-32(7)19-24(13-10-16-30(3,4)21-33)28(35)26(20-32)15-14-25-18-31(5,6)17-23(27(25)34)12-9-11-22(2)29(36)37;1-2/h17-20,22,33H,8-16,21H2,1-7H3,(H,36,37);1-2H3. The molecule has 0 bridgehead atoms. The molecule has 0 radical (unpaired) electrons. The Balaban J connectivity index is 0.00000371. The van der Waals surface area contributed by atoms with Gasteiger partial charge in [0.1, 0.15) is 0 Å². The first kappa shape index (κ1) is 34.8. The fraction of sp³-hybridized carbons (Fsp3) is 0.676. The highest BCUT2D eigenvalue weighted by atomic mass is 16.4. The maximum Gasteiger partial charge on any atom is 0.306 e. The van der Waals surface area contributed by atoms with Crippen LogP contribution in [0.25, 0.3) is 0 Å². The summed E-state index contributed by atoms with van der Waals surface area (Å²) in [6.45, 7) is 18.3. The average molecular weight is 543 g/mol. The van der Waals surface area contributed by atoms with E-state index in [9.17, 15) is 19.5 Å². The number of aliphatic hydroxyl groups is 1. The van der Waals surface area contributed by atoms with Crippen LogP contribution in [0.1, 0.15) is 120 Å². The number of rotatable bonds is 14. The van der Waals surface area contributed by atoms with Gasteiger partial charge in [0.05, 0.1) is 5.92 Å². The molecule has 220 valence electrons. The topological polar surface area (TPSA) is 91.7 Å². The molecule has 2 aliphatic rings. The van der Waals surface area contributed by atoms with Crippen molar-refractivity contribution in [2.75, 3.05) is 6.61 Å². The van der Waals surface area contributed by atoms with Crippen molar-refractivity contribution in [1.82, 2.24) is 0 Å². The molecule has 39 heavy (non-hydrogen) atoms. The summed E-state index contributed by atoms with van der Waals surface area (Å²) in [5.41, 5.74) is 2.57. The zero-order valence-corrected chi connectivity index (χ0v) is 26.1. The molecule has 0 spiro atoms. The third-order valence-corrected chi connectivity index (χ3v) is 7.93. The number of carboxylic acid groups (broad SMARTS) is 1. The third-order valence-electron chi connectivity index (χ3n) is 7.93. The summed E-state index contributed by atoms with van der Waals surface area (Å²) >= 11 is 0. The Labute approximate surface area is 237 Å². The highest BCUT2D eigenvalue weighted by Gasteiger charge is 2.31. The van der Waals surface area contributed by atoms with Crippen LogP contribution in [-0.4, -0.2) is 34.4 Å². The number of carbonyl (C=O) groups is 3. The summed E-state index contributed by atoms with van der Waals surface area (Å²) < 4.78 is 0. The summed E-state index contributed by atoms with van der Waals surface area (Å²) in [5.74, 6) is -1.10. The van der Waals surface area contributed by atoms with Crippen molar-refractivity contribution in [1.29, 1.82) is 0 Å². The van der Waals surface area contributed by atoms with E-state index in [1.165, 1.54) is 0 Å². The van der Waals surface area contributed by atoms with Gasteiger partial charge >= 0.3 is 5.97 Å². The van der Waals surface area contributed by atoms with Gasteiger partial charge in [-0.25, -0.2) is 0 Å². The first-order valence-electron chi connectivity index (χ1n) is 14.9. The summed E-state index contributed by atoms with van der Waals surface area (Å²) in [6, 6.07) is 0. The predicted octanol–water partition coefficient (Wildman–Crippen LogP) is 8.19. The van der Waals surface area contributed by atoms with Gasteiger partial charge in [-0.2, -0.15) is 0 Å². The number of allylic oxidation sites excluding steroid dienone is 8. The van der Waals surface area contributed by atoms with Crippen LogP contribution in [-0.2, 0) is 14.4 Å². The molecule has 2 atom stereocenters. The second-order valence-electron chi connectivity index (χ2n) is 12.8. The quantitative estimate of drug-likeness (QED) is 0.231. The first-order chi connectivity index (χ1) is 18.1. The van der Waals surface area contributed by atoms with E-state index in [1.54, 1.807) is 6.92 Å². The molecule has 0 aromatic carbocycles. The molecule has 0 saturated heterocycles. The number of Topliss-reactive ketones (excluding diaryl/α,β-unsaturated/α-hetero) is 2. The van der Waals surface area contributed by atoms with Gasteiger partial charge in [0.25, 0.3) is 0 Å². The molecule has 0 aromatic heterocycles. The second-order valence-corrected chi connectivity index (χ2v) is 12.8. The lowest BCUT2D eigenvalue weighted by atomic mass is 9.74. The van der Waals surface area contributed by atoms with Gasteiger partial charge in [-0.1, -0.05) is 86.6 Å². The fourth-order valence-electron chi connectivity index (χ4n) is 5.23. The van der Waals surface area contributed by atoms with Gasteiger partial charge < -0.3 is 10.2 Å². The zero-order valence-electron chi connectivity index (χ0n) is 26.1. The SMILES string of the molecule is CC.CCC1(C)C=C(CCCC(C)(C)CO)C(=O)C(CCC2=CC(C)(C)C=C(CCCC(C)C(=O)O)C2=O)=C1. The van der Waals surface area contributed by atoms with Crippen molar-refractivity contribution < 1.29 is 24.6 Å². The van der Waals surface area contributed by atoms with E-state index in [-0.39, 0.29) is 34.4 Å². The van der Waals surface area contributed by atoms with Crippen molar-refractivity contribution in [3.8, 4) is 0 Å². The summed E-state index contributed by atoms with van der Waals surface area (Å²) in [4.78, 5) is 37.8. The lowest BCUT2D eigenvalue weighted by Crippen LogP contribution is -2.23. The second kappa shape index (κ2) is 14.9. The molecule has 0 heterocycles. The molecule has 0 aromatic rings. The van der Waals surface area contributed by atoms with Crippen LogP contribution in [0.4, 0.5) is 0 Å². The number of hydrogen-bond donors (Lipinski definition) is 2. The molecule has 0 amide bonds. The molecular formula is C34H54O5. The zero-order chi connectivity index (χ0) is 30.0. The molecule has 2 unspecified atom stereocenters. The van der Waals surface area contributed by atoms with E-state index in [0.717, 1.165) is 41.6 Å². The smallest absolute Gasteiger partial charge is 0.306 e. The van der Waals surface area contributed by atoms with Crippen molar-refractivity contribution >= 4 is 17.5 Å². The Hall–Kier alpha value is -2.27. The Morgan fingerprint density at radius 3 is 1.74 bits per heavy atom. The molecule has 2 N–H and O–H groups in total. The van der Waals surface area contributed by atoms with Gasteiger partial charge in [0, 0.05) is 17.4 Å². The largest absolute Gasteiger partial charge is 0.481 e. The van der Waals surface area contributed by atoms with Crippen LogP contribution in [0.5, 0.6) is 0 Å². The van der Waals surface area contributed by atoms with Gasteiger partial charge in [-0.05, 0) is 85.5 Å². The van der Waals surface area contributed by atoms with E-state index < -0.39 is 11.9 Å². The van der Waals surface area contributed by atoms with Crippen molar-refractivity contribution in [3.63, 3.8) is 0 Å². The summed E-state index contributed by atoms with van der Waals surface area (Å²) in [7, 11) is 0. The Bertz CT molecular complexity index is 1000.